The van der Waals surface area contributed by atoms with Crippen LogP contribution in [0.5, 0.6) is 0 Å². The third-order valence-corrected chi connectivity index (χ3v) is 4.93. The van der Waals surface area contributed by atoms with E-state index in [2.05, 4.69) is 9.97 Å². The molecule has 2 aliphatic rings. The minimum absolute atomic E-state index is 0.112. The lowest BCUT2D eigenvalue weighted by molar-refractivity contribution is -0.000910. The molecule has 2 aromatic heterocycles. The van der Waals surface area contributed by atoms with Gasteiger partial charge in [0.05, 0.1) is 12.9 Å². The zero-order valence-electron chi connectivity index (χ0n) is 14.8. The molecule has 0 radical (unpaired) electrons. The Bertz CT molecular complexity index is 856. The molecule has 1 atom stereocenters. The summed E-state index contributed by atoms with van der Waals surface area (Å²) in [4.78, 5) is 35.8. The van der Waals surface area contributed by atoms with Crippen LogP contribution in [-0.4, -0.2) is 49.6 Å². The van der Waals surface area contributed by atoms with E-state index in [0.29, 0.717) is 23.1 Å². The number of hydrogen-bond acceptors (Lipinski definition) is 6. The number of aliphatic hydroxyl groups is 1. The summed E-state index contributed by atoms with van der Waals surface area (Å²) in [5.41, 5.74) is 1.63. The van der Waals surface area contributed by atoms with Crippen molar-refractivity contribution in [3.8, 4) is 0 Å². The zero-order valence-corrected chi connectivity index (χ0v) is 14.8. The van der Waals surface area contributed by atoms with Gasteiger partial charge in [-0.2, -0.15) is 0 Å². The van der Waals surface area contributed by atoms with E-state index in [1.54, 1.807) is 36.6 Å². The Kier molecular flexibility index (Phi) is 3.99. The highest BCUT2D eigenvalue weighted by Gasteiger charge is 2.39. The van der Waals surface area contributed by atoms with E-state index in [0.717, 1.165) is 12.1 Å². The summed E-state index contributed by atoms with van der Waals surface area (Å²) in [6.07, 6.45) is 4.49. The van der Waals surface area contributed by atoms with E-state index < -0.39 is 6.35 Å². The summed E-state index contributed by atoms with van der Waals surface area (Å²) < 4.78 is 1.89. The molecule has 0 spiro atoms. The number of hydrogen-bond donors (Lipinski definition) is 1. The Balaban J connectivity index is 1.61. The third-order valence-electron chi connectivity index (χ3n) is 4.93. The van der Waals surface area contributed by atoms with Gasteiger partial charge in [0.25, 0.3) is 5.91 Å². The molecule has 8 nitrogen and oxygen atoms in total. The molecule has 136 valence electrons. The number of pyridine rings is 1. The maximum Gasteiger partial charge on any atom is 0.278 e. The number of fused-ring (bicyclic) bond motifs is 1. The largest absolute Gasteiger partial charge is 0.356 e. The Morgan fingerprint density at radius 1 is 1.31 bits per heavy atom. The Hall–Kier alpha value is -2.74. The van der Waals surface area contributed by atoms with Crippen LogP contribution in [0.15, 0.2) is 24.7 Å². The molecule has 1 aliphatic heterocycles. The topological polar surface area (TPSA) is 91.6 Å². The molecule has 2 aromatic rings. The molecule has 0 aromatic carbocycles. The van der Waals surface area contributed by atoms with Crippen LogP contribution in [0.2, 0.25) is 0 Å². The quantitative estimate of drug-likeness (QED) is 0.812. The first-order valence-corrected chi connectivity index (χ1v) is 8.68. The molecule has 3 heterocycles. The van der Waals surface area contributed by atoms with Crippen molar-refractivity contribution in [2.24, 2.45) is 5.92 Å². The van der Waals surface area contributed by atoms with Crippen molar-refractivity contribution in [3.63, 3.8) is 0 Å². The SMILES string of the molecule is CC(=O)c1ccc(CN2C(=O)c3c(ncn3CC3CC3)N(C)C2O)cn1. The fourth-order valence-electron chi connectivity index (χ4n) is 3.20. The van der Waals surface area contributed by atoms with Gasteiger partial charge in [-0.15, -0.1) is 0 Å². The smallest absolute Gasteiger partial charge is 0.278 e. The van der Waals surface area contributed by atoms with E-state index >= 15 is 0 Å². The van der Waals surface area contributed by atoms with Crippen molar-refractivity contribution in [2.75, 3.05) is 11.9 Å². The summed E-state index contributed by atoms with van der Waals surface area (Å²) in [7, 11) is 1.72. The Morgan fingerprint density at radius 2 is 2.08 bits per heavy atom. The van der Waals surface area contributed by atoms with Gasteiger partial charge in [0.15, 0.2) is 17.3 Å². The maximum atomic E-state index is 13.0. The molecule has 26 heavy (non-hydrogen) atoms. The first-order chi connectivity index (χ1) is 12.5. The number of anilines is 1. The van der Waals surface area contributed by atoms with Crippen LogP contribution in [0.3, 0.4) is 0 Å². The number of amides is 1. The summed E-state index contributed by atoms with van der Waals surface area (Å²) in [6, 6.07) is 3.38. The average Bonchev–Trinajstić information content (AvgIpc) is 3.34. The Morgan fingerprint density at radius 3 is 2.69 bits per heavy atom. The number of rotatable bonds is 5. The molecule has 8 heteroatoms. The molecule has 1 amide bonds. The van der Waals surface area contributed by atoms with Gasteiger partial charge in [-0.1, -0.05) is 6.07 Å². The van der Waals surface area contributed by atoms with Crippen LogP contribution in [0.4, 0.5) is 5.82 Å². The second-order valence-corrected chi connectivity index (χ2v) is 7.01. The molecular formula is C18H21N5O3. The third kappa shape index (κ3) is 2.86. The van der Waals surface area contributed by atoms with E-state index in [1.165, 1.54) is 24.7 Å². The highest BCUT2D eigenvalue weighted by atomic mass is 16.3. The van der Waals surface area contributed by atoms with E-state index in [4.69, 9.17) is 0 Å². The monoisotopic (exact) mass is 355 g/mol. The van der Waals surface area contributed by atoms with Crippen molar-refractivity contribution >= 4 is 17.5 Å². The fourth-order valence-corrected chi connectivity index (χ4v) is 3.20. The van der Waals surface area contributed by atoms with Gasteiger partial charge < -0.3 is 14.6 Å². The average molecular weight is 355 g/mol. The number of nitrogens with zero attached hydrogens (tertiary/aromatic N) is 5. The second kappa shape index (κ2) is 6.21. The lowest BCUT2D eigenvalue weighted by Crippen LogP contribution is -2.54. The normalized spacial score (nSPS) is 19.7. The van der Waals surface area contributed by atoms with Crippen molar-refractivity contribution in [1.29, 1.82) is 0 Å². The number of aromatic nitrogens is 3. The molecule has 0 saturated heterocycles. The predicted octanol–water partition coefficient (Wildman–Crippen LogP) is 1.26. The summed E-state index contributed by atoms with van der Waals surface area (Å²) >= 11 is 0. The molecule has 1 unspecified atom stereocenters. The minimum atomic E-state index is -1.10. The van der Waals surface area contributed by atoms with Gasteiger partial charge in [-0.05, 0) is 30.4 Å². The highest BCUT2D eigenvalue weighted by Crippen LogP contribution is 2.34. The van der Waals surface area contributed by atoms with Gasteiger partial charge >= 0.3 is 0 Å². The number of Topliss-reactive ketones (excluding diaryl/α,β-unsaturated/α-hetero) is 1. The number of aliphatic hydroxyl groups excluding tert-OH is 1. The molecule has 0 bridgehead atoms. The first-order valence-electron chi connectivity index (χ1n) is 8.68. The molecular weight excluding hydrogens is 334 g/mol. The summed E-state index contributed by atoms with van der Waals surface area (Å²) in [5, 5.41) is 10.6. The van der Waals surface area contributed by atoms with Crippen molar-refractivity contribution < 1.29 is 14.7 Å². The van der Waals surface area contributed by atoms with Crippen LogP contribution in [0.25, 0.3) is 0 Å². The number of ketones is 1. The maximum absolute atomic E-state index is 13.0. The first kappa shape index (κ1) is 16.7. The lowest BCUT2D eigenvalue weighted by atomic mass is 10.2. The van der Waals surface area contributed by atoms with Crippen molar-refractivity contribution in [2.45, 2.75) is 39.2 Å². The number of carbonyl (C=O) groups excluding carboxylic acids is 2. The molecule has 1 saturated carbocycles. The van der Waals surface area contributed by atoms with Crippen molar-refractivity contribution in [1.82, 2.24) is 19.4 Å². The Labute approximate surface area is 151 Å². The van der Waals surface area contributed by atoms with Gasteiger partial charge in [-0.3, -0.25) is 19.5 Å². The molecule has 1 N–H and O–H groups in total. The predicted molar refractivity (Wildman–Crippen MR) is 93.5 cm³/mol. The van der Waals surface area contributed by atoms with E-state index in [-0.39, 0.29) is 18.2 Å². The lowest BCUT2D eigenvalue weighted by Gasteiger charge is -2.38. The number of imidazole rings is 1. The van der Waals surface area contributed by atoms with Crippen LogP contribution in [0.1, 0.15) is 46.3 Å². The van der Waals surface area contributed by atoms with E-state index in [9.17, 15) is 14.7 Å². The van der Waals surface area contributed by atoms with E-state index in [1.807, 2.05) is 4.57 Å². The van der Waals surface area contributed by atoms with Crippen LogP contribution < -0.4 is 4.90 Å². The molecule has 1 fully saturated rings. The van der Waals surface area contributed by atoms with Crippen LogP contribution >= 0.6 is 0 Å². The van der Waals surface area contributed by atoms with Crippen LogP contribution in [0, 0.1) is 5.92 Å². The van der Waals surface area contributed by atoms with Gasteiger partial charge in [0.2, 0.25) is 6.35 Å². The number of carbonyl (C=O) groups is 2. The fraction of sp³-hybridized carbons (Fsp3) is 0.444. The van der Waals surface area contributed by atoms with Gasteiger partial charge in [0.1, 0.15) is 5.69 Å². The standard InChI is InChI=1S/C18H21N5O3/c1-11(24)14-6-5-13(7-19-14)9-23-17(25)15-16(21(2)18(23)26)20-10-22(15)8-12-3-4-12/h5-7,10,12,18,26H,3-4,8-9H2,1-2H3. The second-order valence-electron chi connectivity index (χ2n) is 7.01. The molecule has 4 rings (SSSR count). The highest BCUT2D eigenvalue weighted by molar-refractivity contribution is 5.99. The summed E-state index contributed by atoms with van der Waals surface area (Å²) in [5.74, 6) is 0.748. The zero-order chi connectivity index (χ0) is 18.4. The minimum Gasteiger partial charge on any atom is -0.356 e. The molecule has 1 aliphatic carbocycles. The van der Waals surface area contributed by atoms with Crippen molar-refractivity contribution in [3.05, 3.63) is 41.6 Å². The van der Waals surface area contributed by atoms with Crippen LogP contribution in [-0.2, 0) is 13.1 Å². The van der Waals surface area contributed by atoms with Gasteiger partial charge in [0, 0.05) is 26.7 Å². The van der Waals surface area contributed by atoms with Gasteiger partial charge in [-0.25, -0.2) is 4.98 Å². The summed E-state index contributed by atoms with van der Waals surface area (Å²) in [6.45, 7) is 2.43.